The van der Waals surface area contributed by atoms with E-state index in [9.17, 15) is 4.79 Å². The molecular weight excluding hydrogens is 473 g/mol. The van der Waals surface area contributed by atoms with Crippen LogP contribution >= 0.6 is 12.6 Å². The standard InChI is InChI=1S/C23H35BNO2S.C9H18/c1-8-9-15-12-17(13-15)25-19-14-16(24-27-22(4,5)23(6,7)28)10-11-18(19)21(2,3)20(25)26;1-5-7-8(6-2)9(7,3)4/h10-11,14-15,17,28H,8-9,12-13H2,1-7H3;7-8H,5-6H2,1-4H3. The van der Waals surface area contributed by atoms with Crippen molar-refractivity contribution in [2.75, 3.05) is 4.90 Å². The molecule has 2 unspecified atom stereocenters. The van der Waals surface area contributed by atoms with Gasteiger partial charge in [-0.05, 0) is 89.2 Å². The molecule has 0 spiro atoms. The lowest BCUT2D eigenvalue weighted by Crippen LogP contribution is -2.49. The fourth-order valence-electron chi connectivity index (χ4n) is 6.63. The van der Waals surface area contributed by atoms with E-state index in [0.717, 1.165) is 47.3 Å². The number of carbonyl (C=O) groups excluding carboxylic acids is 1. The Kier molecular flexibility index (Phi) is 9.03. The number of thiol groups is 1. The highest BCUT2D eigenvalue weighted by Gasteiger charge is 2.54. The topological polar surface area (TPSA) is 29.5 Å². The van der Waals surface area contributed by atoms with Gasteiger partial charge in [0.25, 0.3) is 0 Å². The summed E-state index contributed by atoms with van der Waals surface area (Å²) in [6, 6.07) is 6.62. The summed E-state index contributed by atoms with van der Waals surface area (Å²) < 4.78 is 5.83. The Morgan fingerprint density at radius 1 is 1.03 bits per heavy atom. The lowest BCUT2D eigenvalue weighted by molar-refractivity contribution is -0.123. The fraction of sp³-hybridized carbons (Fsp3) is 0.781. The summed E-state index contributed by atoms with van der Waals surface area (Å²) in [6.07, 6.45) is 7.50. The lowest BCUT2D eigenvalue weighted by atomic mass is 9.76. The molecule has 5 heteroatoms. The molecule has 1 radical (unpaired) electrons. The summed E-state index contributed by atoms with van der Waals surface area (Å²) in [7, 11) is 1.81. The first-order chi connectivity index (χ1) is 17.0. The van der Waals surface area contributed by atoms with Gasteiger partial charge in [-0.2, -0.15) is 12.6 Å². The molecule has 4 rings (SSSR count). The van der Waals surface area contributed by atoms with E-state index in [1.165, 1.54) is 25.7 Å². The lowest BCUT2D eigenvalue weighted by Gasteiger charge is -2.42. The van der Waals surface area contributed by atoms with Gasteiger partial charge in [0.15, 0.2) is 0 Å². The van der Waals surface area contributed by atoms with Crippen molar-refractivity contribution in [3.05, 3.63) is 23.8 Å². The summed E-state index contributed by atoms with van der Waals surface area (Å²) >= 11 is 4.67. The predicted octanol–water partition coefficient (Wildman–Crippen LogP) is 7.72. The van der Waals surface area contributed by atoms with Gasteiger partial charge in [-0.25, -0.2) is 0 Å². The van der Waals surface area contributed by atoms with Crippen molar-refractivity contribution in [1.29, 1.82) is 0 Å². The Morgan fingerprint density at radius 3 is 2.05 bits per heavy atom. The van der Waals surface area contributed by atoms with Crippen LogP contribution in [-0.2, 0) is 14.9 Å². The van der Waals surface area contributed by atoms with Crippen LogP contribution in [0.1, 0.15) is 120 Å². The number of carbonyl (C=O) groups is 1. The van der Waals surface area contributed by atoms with Crippen LogP contribution < -0.4 is 10.4 Å². The third-order valence-electron chi connectivity index (χ3n) is 10.1. The summed E-state index contributed by atoms with van der Waals surface area (Å²) in [6.45, 7) is 23.9. The van der Waals surface area contributed by atoms with Crippen LogP contribution in [0.25, 0.3) is 0 Å². The van der Waals surface area contributed by atoms with Crippen LogP contribution in [0.2, 0.25) is 0 Å². The zero-order valence-corrected chi connectivity index (χ0v) is 26.5. The maximum atomic E-state index is 13.2. The monoisotopic (exact) mass is 526 g/mol. The molecule has 0 saturated heterocycles. The largest absolute Gasteiger partial charge is 0.428 e. The highest BCUT2D eigenvalue weighted by atomic mass is 32.1. The molecule has 1 aromatic rings. The molecule has 2 fully saturated rings. The quantitative estimate of drug-likeness (QED) is 0.264. The number of nitrogens with zero attached hydrogens (tertiary/aromatic N) is 1. The highest BCUT2D eigenvalue weighted by molar-refractivity contribution is 7.81. The minimum absolute atomic E-state index is 0.234. The molecule has 1 heterocycles. The fourth-order valence-corrected chi connectivity index (χ4v) is 6.68. The van der Waals surface area contributed by atoms with Crippen molar-refractivity contribution in [1.82, 2.24) is 0 Å². The van der Waals surface area contributed by atoms with Crippen LogP contribution in [0.5, 0.6) is 0 Å². The van der Waals surface area contributed by atoms with Gasteiger partial charge >= 0.3 is 7.48 Å². The SMILES string of the molecule is CCC1C(CC)C1(C)C.CCCC1CC(N2C(=O)C(C)(C)c3ccc([B]OC(C)(C)C(C)(C)S)cc32)C1. The first kappa shape index (κ1) is 30.6. The second kappa shape index (κ2) is 10.9. The first-order valence-corrected chi connectivity index (χ1v) is 15.2. The van der Waals surface area contributed by atoms with Crippen LogP contribution in [-0.4, -0.2) is 29.8 Å². The number of hydrogen-bond acceptors (Lipinski definition) is 3. The molecule has 1 amide bonds. The van der Waals surface area contributed by atoms with Gasteiger partial charge in [0.1, 0.15) is 0 Å². The molecule has 37 heavy (non-hydrogen) atoms. The van der Waals surface area contributed by atoms with Gasteiger partial charge < -0.3 is 9.55 Å². The van der Waals surface area contributed by atoms with Crippen molar-refractivity contribution >= 4 is 37.2 Å². The van der Waals surface area contributed by atoms with Crippen molar-refractivity contribution in [3.8, 4) is 0 Å². The molecule has 2 atom stereocenters. The molecule has 207 valence electrons. The number of amides is 1. The van der Waals surface area contributed by atoms with Gasteiger partial charge in [-0.15, -0.1) is 0 Å². The summed E-state index contributed by atoms with van der Waals surface area (Å²) in [4.78, 5) is 15.3. The number of fused-ring (bicyclic) bond motifs is 1. The smallest absolute Gasteiger partial charge is 0.330 e. The number of anilines is 1. The van der Waals surface area contributed by atoms with Crippen LogP contribution in [0.15, 0.2) is 18.2 Å². The molecule has 0 aromatic heterocycles. The molecule has 2 aliphatic carbocycles. The first-order valence-electron chi connectivity index (χ1n) is 14.7. The van der Waals surface area contributed by atoms with Gasteiger partial charge in [-0.3, -0.25) is 4.79 Å². The zero-order chi connectivity index (χ0) is 28.0. The average molecular weight is 527 g/mol. The second-order valence-corrected chi connectivity index (χ2v) is 15.1. The van der Waals surface area contributed by atoms with Crippen molar-refractivity contribution in [2.24, 2.45) is 23.2 Å². The maximum absolute atomic E-state index is 13.2. The van der Waals surface area contributed by atoms with Gasteiger partial charge in [0.2, 0.25) is 5.91 Å². The zero-order valence-electron chi connectivity index (χ0n) is 25.6. The van der Waals surface area contributed by atoms with E-state index in [4.69, 9.17) is 4.65 Å². The normalized spacial score (nSPS) is 27.7. The Morgan fingerprint density at radius 2 is 1.59 bits per heavy atom. The van der Waals surface area contributed by atoms with E-state index in [0.29, 0.717) is 11.5 Å². The van der Waals surface area contributed by atoms with E-state index in [1.54, 1.807) is 0 Å². The van der Waals surface area contributed by atoms with E-state index >= 15 is 0 Å². The third-order valence-corrected chi connectivity index (χ3v) is 10.7. The summed E-state index contributed by atoms with van der Waals surface area (Å²) in [5.41, 5.74) is 2.99. The Bertz CT molecular complexity index is 946. The summed E-state index contributed by atoms with van der Waals surface area (Å²) in [5, 5.41) is 0. The van der Waals surface area contributed by atoms with Gasteiger partial charge in [0, 0.05) is 16.5 Å². The molecule has 1 aliphatic heterocycles. The van der Waals surface area contributed by atoms with Crippen LogP contribution in [0.3, 0.4) is 0 Å². The average Bonchev–Trinajstić information content (AvgIpc) is 3.27. The Hall–Kier alpha value is -0.935. The summed E-state index contributed by atoms with van der Waals surface area (Å²) in [5.74, 6) is 3.06. The number of rotatable bonds is 9. The Balaban J connectivity index is 0.000000356. The predicted molar refractivity (Wildman–Crippen MR) is 163 cm³/mol. The molecule has 3 nitrogen and oxygen atoms in total. The third kappa shape index (κ3) is 5.98. The van der Waals surface area contributed by atoms with Crippen LogP contribution in [0, 0.1) is 23.2 Å². The van der Waals surface area contributed by atoms with E-state index in [-0.39, 0.29) is 10.7 Å². The van der Waals surface area contributed by atoms with Gasteiger partial charge in [-0.1, -0.05) is 77.9 Å². The Labute approximate surface area is 234 Å². The molecule has 0 N–H and O–H groups in total. The highest BCUT2D eigenvalue weighted by Crippen LogP contribution is 2.61. The van der Waals surface area contributed by atoms with Crippen molar-refractivity contribution < 1.29 is 9.45 Å². The minimum Gasteiger partial charge on any atom is -0.428 e. The second-order valence-electron chi connectivity index (χ2n) is 14.0. The molecular formula is C32H53BNO2S. The molecule has 1 aromatic carbocycles. The van der Waals surface area contributed by atoms with E-state index in [1.807, 2.05) is 35.2 Å². The van der Waals surface area contributed by atoms with Crippen molar-refractivity contribution in [3.63, 3.8) is 0 Å². The molecule has 2 saturated carbocycles. The maximum Gasteiger partial charge on any atom is 0.330 e. The molecule has 3 aliphatic rings. The van der Waals surface area contributed by atoms with Gasteiger partial charge in [0.05, 0.1) is 11.0 Å². The number of hydrogen-bond donors (Lipinski definition) is 1. The molecule has 0 bridgehead atoms. The van der Waals surface area contributed by atoms with E-state index < -0.39 is 11.0 Å². The van der Waals surface area contributed by atoms with Crippen molar-refractivity contribution in [2.45, 2.75) is 136 Å². The van der Waals surface area contributed by atoms with E-state index in [2.05, 4.69) is 84.2 Å². The minimum atomic E-state index is -0.461. The van der Waals surface area contributed by atoms with Crippen LogP contribution in [0.4, 0.5) is 5.69 Å². The number of benzene rings is 1.